The van der Waals surface area contributed by atoms with Crippen molar-refractivity contribution in [2.24, 2.45) is 0 Å². The number of carbonyl (C=O) groups is 1. The molecule has 0 bridgehead atoms. The zero-order chi connectivity index (χ0) is 21.1. The van der Waals surface area contributed by atoms with Gasteiger partial charge in [-0.05, 0) is 51.2 Å². The van der Waals surface area contributed by atoms with E-state index in [2.05, 4.69) is 6.08 Å². The molecule has 0 fully saturated rings. The highest BCUT2D eigenvalue weighted by Gasteiger charge is 2.26. The molecule has 0 spiro atoms. The lowest BCUT2D eigenvalue weighted by Crippen LogP contribution is -2.20. The summed E-state index contributed by atoms with van der Waals surface area (Å²) in [6.45, 7) is 2.75. The van der Waals surface area contributed by atoms with Crippen LogP contribution in [-0.4, -0.2) is 40.3 Å². The lowest BCUT2D eigenvalue weighted by molar-refractivity contribution is 0.0123. The Bertz CT molecular complexity index is 1100. The molecule has 158 valence electrons. The van der Waals surface area contributed by atoms with Crippen molar-refractivity contribution in [1.82, 2.24) is 14.5 Å². The Morgan fingerprint density at radius 2 is 2.00 bits per heavy atom. The summed E-state index contributed by atoms with van der Waals surface area (Å²) in [5, 5.41) is 0. The molecule has 1 aliphatic rings. The van der Waals surface area contributed by atoms with E-state index < -0.39 is 5.97 Å². The maximum absolute atomic E-state index is 13.0. The number of carbonyl (C=O) groups excluding carboxylic acids is 1. The lowest BCUT2D eigenvalue weighted by Gasteiger charge is -2.14. The van der Waals surface area contributed by atoms with Gasteiger partial charge in [-0.25, -0.2) is 14.8 Å². The molecule has 0 aliphatic heterocycles. The molecule has 1 aromatic carbocycles. The van der Waals surface area contributed by atoms with E-state index >= 15 is 0 Å². The van der Waals surface area contributed by atoms with Gasteiger partial charge < -0.3 is 19.8 Å². The van der Waals surface area contributed by atoms with E-state index in [0.717, 1.165) is 30.3 Å². The van der Waals surface area contributed by atoms with Crippen LogP contribution in [0.3, 0.4) is 0 Å². The minimum absolute atomic E-state index is 0.281. The fraction of sp³-hybridized carbons (Fsp3) is 0.435. The molecule has 0 saturated carbocycles. The van der Waals surface area contributed by atoms with Crippen molar-refractivity contribution in [3.63, 3.8) is 0 Å². The SMILES string of the molecule is COC[C@H](C)OC(=O)c1c(N)n(CCC2=CCCCC2)c2nc3ccccc3nc12. The normalized spacial score (nSPS) is 15.3. The molecular weight excluding hydrogens is 380 g/mol. The monoisotopic (exact) mass is 408 g/mol. The molecule has 4 rings (SSSR count). The second-order valence-electron chi connectivity index (χ2n) is 7.83. The van der Waals surface area contributed by atoms with E-state index in [0.29, 0.717) is 30.1 Å². The van der Waals surface area contributed by atoms with Crippen LogP contribution in [-0.2, 0) is 16.0 Å². The molecule has 30 heavy (non-hydrogen) atoms. The third-order valence-electron chi connectivity index (χ3n) is 5.55. The maximum atomic E-state index is 13.0. The predicted molar refractivity (Wildman–Crippen MR) is 117 cm³/mol. The standard InChI is InChI=1S/C23H28N4O3/c1-15(14-29-2)30-23(28)19-20-22(26-18-11-7-6-10-17(18)25-20)27(21(19)24)13-12-16-8-4-3-5-9-16/h6-8,10-11,15H,3-5,9,12-14,24H2,1-2H3/t15-/m0/s1. The van der Waals surface area contributed by atoms with Crippen LogP contribution in [0.4, 0.5) is 5.82 Å². The summed E-state index contributed by atoms with van der Waals surface area (Å²) >= 11 is 0. The Kier molecular flexibility index (Phi) is 5.99. The fourth-order valence-electron chi connectivity index (χ4n) is 4.04. The third-order valence-corrected chi connectivity index (χ3v) is 5.55. The molecule has 0 unspecified atom stereocenters. The first-order valence-corrected chi connectivity index (χ1v) is 10.5. The first-order valence-electron chi connectivity index (χ1n) is 10.5. The number of hydrogen-bond donors (Lipinski definition) is 1. The Hall–Kier alpha value is -2.93. The van der Waals surface area contributed by atoms with E-state index in [1.165, 1.54) is 18.4 Å². The number of nitrogens with zero attached hydrogens (tertiary/aromatic N) is 3. The van der Waals surface area contributed by atoms with Crippen LogP contribution in [0.25, 0.3) is 22.2 Å². The van der Waals surface area contributed by atoms with Crippen LogP contribution < -0.4 is 5.73 Å². The van der Waals surface area contributed by atoms with Crippen LogP contribution in [0.5, 0.6) is 0 Å². The van der Waals surface area contributed by atoms with E-state index in [1.54, 1.807) is 14.0 Å². The first-order chi connectivity index (χ1) is 14.6. The molecule has 2 heterocycles. The smallest absolute Gasteiger partial charge is 0.344 e. The van der Waals surface area contributed by atoms with Crippen LogP contribution >= 0.6 is 0 Å². The van der Waals surface area contributed by atoms with Crippen LogP contribution in [0.1, 0.15) is 49.4 Å². The number of allylic oxidation sites excluding steroid dienone is 2. The second kappa shape index (κ2) is 8.83. The van der Waals surface area contributed by atoms with Crippen LogP contribution in [0, 0.1) is 0 Å². The number of anilines is 1. The van der Waals surface area contributed by atoms with Crippen molar-refractivity contribution >= 4 is 34.0 Å². The topological polar surface area (TPSA) is 92.3 Å². The van der Waals surface area contributed by atoms with Gasteiger partial charge in [0.2, 0.25) is 0 Å². The minimum atomic E-state index is -0.498. The van der Waals surface area contributed by atoms with E-state index in [1.807, 2.05) is 28.8 Å². The molecule has 1 atom stereocenters. The summed E-state index contributed by atoms with van der Waals surface area (Å²) in [5.74, 6) is -0.145. The van der Waals surface area contributed by atoms with Crippen molar-refractivity contribution < 1.29 is 14.3 Å². The molecular formula is C23H28N4O3. The molecule has 7 nitrogen and oxygen atoms in total. The van der Waals surface area contributed by atoms with Crippen molar-refractivity contribution in [2.45, 2.75) is 51.7 Å². The number of esters is 1. The van der Waals surface area contributed by atoms with Crippen molar-refractivity contribution in [3.05, 3.63) is 41.5 Å². The third kappa shape index (κ3) is 4.03. The number of benzene rings is 1. The van der Waals surface area contributed by atoms with E-state index in [4.69, 9.17) is 25.2 Å². The number of aryl methyl sites for hydroxylation is 1. The summed E-state index contributed by atoms with van der Waals surface area (Å²) in [6, 6.07) is 7.62. The Labute approximate surface area is 175 Å². The van der Waals surface area contributed by atoms with Gasteiger partial charge in [0.1, 0.15) is 23.0 Å². The molecule has 0 radical (unpaired) electrons. The maximum Gasteiger partial charge on any atom is 0.344 e. The van der Waals surface area contributed by atoms with Crippen LogP contribution in [0.2, 0.25) is 0 Å². The zero-order valence-electron chi connectivity index (χ0n) is 17.6. The van der Waals surface area contributed by atoms with Gasteiger partial charge in [-0.3, -0.25) is 0 Å². The number of rotatable bonds is 7. The predicted octanol–water partition coefficient (Wildman–Crippen LogP) is 4.25. The number of methoxy groups -OCH3 is 1. The molecule has 3 aromatic rings. The van der Waals surface area contributed by atoms with E-state index in [-0.39, 0.29) is 11.7 Å². The summed E-state index contributed by atoms with van der Waals surface area (Å²) in [7, 11) is 1.57. The molecule has 7 heteroatoms. The van der Waals surface area contributed by atoms with Gasteiger partial charge in [0, 0.05) is 13.7 Å². The zero-order valence-corrected chi connectivity index (χ0v) is 17.6. The number of aromatic nitrogens is 3. The average Bonchev–Trinajstić information content (AvgIpc) is 3.01. The van der Waals surface area contributed by atoms with Gasteiger partial charge in [-0.1, -0.05) is 23.8 Å². The lowest BCUT2D eigenvalue weighted by atomic mass is 9.97. The number of nitrogens with two attached hydrogens (primary N) is 1. The summed E-state index contributed by atoms with van der Waals surface area (Å²) in [6.07, 6.45) is 7.57. The molecule has 0 amide bonds. The van der Waals surface area contributed by atoms with Crippen LogP contribution in [0.15, 0.2) is 35.9 Å². The summed E-state index contributed by atoms with van der Waals surface area (Å²) < 4.78 is 12.5. The van der Waals surface area contributed by atoms with Crippen molar-refractivity contribution in [2.75, 3.05) is 19.5 Å². The largest absolute Gasteiger partial charge is 0.456 e. The second-order valence-corrected chi connectivity index (χ2v) is 7.83. The summed E-state index contributed by atoms with van der Waals surface area (Å²) in [5.41, 5.74) is 10.8. The van der Waals surface area contributed by atoms with E-state index in [9.17, 15) is 4.79 Å². The Morgan fingerprint density at radius 3 is 2.70 bits per heavy atom. The number of nitrogen functional groups attached to an aromatic ring is 1. The van der Waals surface area contributed by atoms with Gasteiger partial charge in [-0.2, -0.15) is 0 Å². The van der Waals surface area contributed by atoms with Gasteiger partial charge in [-0.15, -0.1) is 0 Å². The molecule has 0 saturated heterocycles. The highest BCUT2D eigenvalue weighted by atomic mass is 16.6. The molecule has 2 N–H and O–H groups in total. The van der Waals surface area contributed by atoms with Gasteiger partial charge in [0.25, 0.3) is 0 Å². The fourth-order valence-corrected chi connectivity index (χ4v) is 4.04. The number of ether oxygens (including phenoxy) is 2. The summed E-state index contributed by atoms with van der Waals surface area (Å²) in [4.78, 5) is 22.5. The Balaban J connectivity index is 1.77. The number of para-hydroxylation sites is 2. The minimum Gasteiger partial charge on any atom is -0.456 e. The number of hydrogen-bond acceptors (Lipinski definition) is 6. The van der Waals surface area contributed by atoms with Gasteiger partial charge >= 0.3 is 5.97 Å². The molecule has 1 aliphatic carbocycles. The highest BCUT2D eigenvalue weighted by Crippen LogP contribution is 2.30. The van der Waals surface area contributed by atoms with Crippen molar-refractivity contribution in [1.29, 1.82) is 0 Å². The van der Waals surface area contributed by atoms with Crippen molar-refractivity contribution in [3.8, 4) is 0 Å². The quantitative estimate of drug-likeness (QED) is 0.464. The molecule has 2 aromatic heterocycles. The number of fused-ring (bicyclic) bond motifs is 2. The highest BCUT2D eigenvalue weighted by molar-refractivity contribution is 6.08. The van der Waals surface area contributed by atoms with Gasteiger partial charge in [0.15, 0.2) is 5.65 Å². The van der Waals surface area contributed by atoms with Gasteiger partial charge in [0.05, 0.1) is 17.6 Å². The first kappa shape index (κ1) is 20.3. The average molecular weight is 409 g/mol. The Morgan fingerprint density at radius 1 is 1.23 bits per heavy atom.